The van der Waals surface area contributed by atoms with Crippen LogP contribution in [-0.4, -0.2) is 18.9 Å². The first kappa shape index (κ1) is 11.7. The van der Waals surface area contributed by atoms with Crippen LogP contribution >= 0.6 is 0 Å². The Kier molecular flexibility index (Phi) is 3.36. The van der Waals surface area contributed by atoms with Crippen LogP contribution in [0.25, 0.3) is 0 Å². The summed E-state index contributed by atoms with van der Waals surface area (Å²) in [5.74, 6) is 1.65. The molecule has 3 atom stereocenters. The van der Waals surface area contributed by atoms with Gasteiger partial charge < -0.3 is 10.1 Å². The van der Waals surface area contributed by atoms with Gasteiger partial charge in [-0.25, -0.2) is 0 Å². The van der Waals surface area contributed by atoms with E-state index < -0.39 is 0 Å². The molecule has 0 heterocycles. The Bertz CT molecular complexity index is 222. The normalized spacial score (nSPS) is 32.1. The maximum Gasteiger partial charge on any atom is 0.130 e. The molecule has 1 aliphatic carbocycles. The minimum Gasteiger partial charge on any atom is -0.317 e. The van der Waals surface area contributed by atoms with E-state index in [1.807, 2.05) is 7.05 Å². The average molecular weight is 197 g/mol. The molecule has 1 N–H and O–H groups in total. The molecule has 0 aromatic heterocycles. The van der Waals surface area contributed by atoms with E-state index in [4.69, 9.17) is 0 Å². The summed E-state index contributed by atoms with van der Waals surface area (Å²) in [6.45, 7) is 8.52. The lowest BCUT2D eigenvalue weighted by Gasteiger charge is -2.54. The van der Waals surface area contributed by atoms with Crippen molar-refractivity contribution < 1.29 is 4.79 Å². The number of hydrogen-bond acceptors (Lipinski definition) is 2. The van der Waals surface area contributed by atoms with Gasteiger partial charge in [-0.2, -0.15) is 0 Å². The largest absolute Gasteiger partial charge is 0.317 e. The smallest absolute Gasteiger partial charge is 0.130 e. The summed E-state index contributed by atoms with van der Waals surface area (Å²) in [4.78, 5) is 11.1. The minimum absolute atomic E-state index is 0.327. The third kappa shape index (κ3) is 2.00. The Labute approximate surface area is 87.5 Å². The van der Waals surface area contributed by atoms with E-state index in [1.165, 1.54) is 6.42 Å². The average Bonchev–Trinajstić information content (AvgIpc) is 2.10. The molecule has 1 aliphatic rings. The zero-order chi connectivity index (χ0) is 10.9. The second kappa shape index (κ2) is 4.01. The van der Waals surface area contributed by atoms with E-state index >= 15 is 0 Å². The molecule has 0 radical (unpaired) electrons. The van der Waals surface area contributed by atoms with E-state index in [1.54, 1.807) is 6.92 Å². The van der Waals surface area contributed by atoms with Crippen LogP contribution < -0.4 is 5.32 Å². The summed E-state index contributed by atoms with van der Waals surface area (Å²) in [6, 6.07) is 0.563. The van der Waals surface area contributed by atoms with Gasteiger partial charge in [-0.1, -0.05) is 13.8 Å². The highest BCUT2D eigenvalue weighted by Crippen LogP contribution is 2.54. The van der Waals surface area contributed by atoms with Crippen molar-refractivity contribution in [1.29, 1.82) is 0 Å². The molecule has 1 rings (SSSR count). The molecular formula is C12H23NO. The zero-order valence-electron chi connectivity index (χ0n) is 10.1. The highest BCUT2D eigenvalue weighted by atomic mass is 16.1. The van der Waals surface area contributed by atoms with Gasteiger partial charge >= 0.3 is 0 Å². The lowest BCUT2D eigenvalue weighted by atomic mass is 9.51. The molecule has 0 bridgehead atoms. The Morgan fingerprint density at radius 2 is 2.14 bits per heavy atom. The molecule has 14 heavy (non-hydrogen) atoms. The van der Waals surface area contributed by atoms with Crippen molar-refractivity contribution in [3.8, 4) is 0 Å². The molecular weight excluding hydrogens is 174 g/mol. The number of rotatable bonds is 4. The predicted octanol–water partition coefficient (Wildman–Crippen LogP) is 2.24. The quantitative estimate of drug-likeness (QED) is 0.749. The first-order valence-corrected chi connectivity index (χ1v) is 5.56. The van der Waals surface area contributed by atoms with Gasteiger partial charge in [-0.15, -0.1) is 0 Å². The van der Waals surface area contributed by atoms with Crippen LogP contribution in [-0.2, 0) is 4.79 Å². The molecule has 0 aliphatic heterocycles. The number of Topliss-reactive ketones (excluding diaryl/α,β-unsaturated/α-hetero) is 1. The van der Waals surface area contributed by atoms with Gasteiger partial charge in [0.2, 0.25) is 0 Å². The molecule has 0 spiro atoms. The number of ketones is 1. The Morgan fingerprint density at radius 1 is 1.57 bits per heavy atom. The zero-order valence-corrected chi connectivity index (χ0v) is 10.1. The minimum atomic E-state index is 0.327. The van der Waals surface area contributed by atoms with Crippen molar-refractivity contribution in [2.24, 2.45) is 17.3 Å². The molecule has 3 unspecified atom stereocenters. The van der Waals surface area contributed by atoms with Gasteiger partial charge in [0.15, 0.2) is 0 Å². The van der Waals surface area contributed by atoms with Gasteiger partial charge in [0.05, 0.1) is 0 Å². The van der Waals surface area contributed by atoms with Gasteiger partial charge in [0, 0.05) is 12.5 Å². The van der Waals surface area contributed by atoms with Crippen molar-refractivity contribution in [2.75, 3.05) is 7.05 Å². The van der Waals surface area contributed by atoms with Crippen molar-refractivity contribution in [1.82, 2.24) is 5.32 Å². The number of hydrogen-bond donors (Lipinski definition) is 1. The molecule has 0 amide bonds. The summed E-state index contributed by atoms with van der Waals surface area (Å²) in [6.07, 6.45) is 1.97. The number of carbonyl (C=O) groups is 1. The monoisotopic (exact) mass is 197 g/mol. The van der Waals surface area contributed by atoms with Crippen molar-refractivity contribution in [3.05, 3.63) is 0 Å². The lowest BCUT2D eigenvalue weighted by Crippen LogP contribution is -2.53. The molecule has 1 saturated carbocycles. The fourth-order valence-electron chi connectivity index (χ4n) is 2.80. The maximum absolute atomic E-state index is 11.1. The number of carbonyl (C=O) groups excluding carboxylic acids is 1. The van der Waals surface area contributed by atoms with Gasteiger partial charge in [0.1, 0.15) is 5.78 Å². The molecule has 82 valence electrons. The topological polar surface area (TPSA) is 29.1 Å². The van der Waals surface area contributed by atoms with Crippen LogP contribution in [0.3, 0.4) is 0 Å². The van der Waals surface area contributed by atoms with Crippen molar-refractivity contribution in [3.63, 3.8) is 0 Å². The molecule has 0 saturated heterocycles. The number of nitrogens with one attached hydrogen (secondary N) is 1. The van der Waals surface area contributed by atoms with Crippen molar-refractivity contribution >= 4 is 5.78 Å². The van der Waals surface area contributed by atoms with Crippen LogP contribution in [0.2, 0.25) is 0 Å². The van der Waals surface area contributed by atoms with E-state index in [-0.39, 0.29) is 0 Å². The first-order valence-electron chi connectivity index (χ1n) is 5.56. The van der Waals surface area contributed by atoms with Gasteiger partial charge in [0.25, 0.3) is 0 Å². The van der Waals surface area contributed by atoms with Crippen LogP contribution in [0.5, 0.6) is 0 Å². The van der Waals surface area contributed by atoms with Crippen LogP contribution in [0, 0.1) is 17.3 Å². The summed E-state index contributed by atoms with van der Waals surface area (Å²) in [7, 11) is 2.01. The Balaban J connectivity index is 2.54. The van der Waals surface area contributed by atoms with Crippen molar-refractivity contribution in [2.45, 2.75) is 46.6 Å². The molecule has 2 heteroatoms. The fraction of sp³-hybridized carbons (Fsp3) is 0.917. The lowest BCUT2D eigenvalue weighted by molar-refractivity contribution is -0.123. The summed E-state index contributed by atoms with van der Waals surface area (Å²) >= 11 is 0. The fourth-order valence-corrected chi connectivity index (χ4v) is 2.80. The third-order valence-electron chi connectivity index (χ3n) is 4.14. The Hall–Kier alpha value is -0.370. The van der Waals surface area contributed by atoms with E-state index in [2.05, 4.69) is 26.1 Å². The summed E-state index contributed by atoms with van der Waals surface area (Å²) < 4.78 is 0. The van der Waals surface area contributed by atoms with E-state index in [9.17, 15) is 4.79 Å². The van der Waals surface area contributed by atoms with E-state index in [0.717, 1.165) is 12.3 Å². The predicted molar refractivity (Wildman–Crippen MR) is 59.2 cm³/mol. The van der Waals surface area contributed by atoms with E-state index in [0.29, 0.717) is 23.2 Å². The molecule has 0 aromatic carbocycles. The van der Waals surface area contributed by atoms with Crippen LogP contribution in [0.1, 0.15) is 40.5 Å². The standard InChI is InChI=1S/C12H23NO/c1-8(14)6-10-7-11(9(2)13-5)12(10,3)4/h9-11,13H,6-7H2,1-5H3. The molecule has 2 nitrogen and oxygen atoms in total. The highest BCUT2D eigenvalue weighted by Gasteiger charge is 2.49. The Morgan fingerprint density at radius 3 is 2.50 bits per heavy atom. The van der Waals surface area contributed by atoms with Gasteiger partial charge in [-0.3, -0.25) is 0 Å². The SMILES string of the molecule is CNC(C)C1CC(CC(C)=O)C1(C)C. The molecule has 1 fully saturated rings. The highest BCUT2D eigenvalue weighted by molar-refractivity contribution is 5.76. The van der Waals surface area contributed by atoms with Crippen LogP contribution in [0.15, 0.2) is 0 Å². The maximum atomic E-state index is 11.1. The van der Waals surface area contributed by atoms with Gasteiger partial charge in [-0.05, 0) is 44.6 Å². The second-order valence-corrected chi connectivity index (χ2v) is 5.34. The molecule has 0 aromatic rings. The first-order chi connectivity index (χ1) is 6.39. The third-order valence-corrected chi connectivity index (χ3v) is 4.14. The van der Waals surface area contributed by atoms with Crippen LogP contribution in [0.4, 0.5) is 0 Å². The second-order valence-electron chi connectivity index (χ2n) is 5.34. The summed E-state index contributed by atoms with van der Waals surface area (Å²) in [5, 5.41) is 3.31. The summed E-state index contributed by atoms with van der Waals surface area (Å²) in [5.41, 5.74) is 0.327.